The van der Waals surface area contributed by atoms with E-state index in [9.17, 15) is 5.11 Å². The summed E-state index contributed by atoms with van der Waals surface area (Å²) < 4.78 is 5.85. The zero-order valence-electron chi connectivity index (χ0n) is 10.9. The number of ether oxygens (including phenoxy) is 1. The molecular formula is C15H21NO2. The summed E-state index contributed by atoms with van der Waals surface area (Å²) in [5, 5.41) is 10.9. The Labute approximate surface area is 108 Å². The maximum absolute atomic E-state index is 10.9. The van der Waals surface area contributed by atoms with Crippen LogP contribution in [-0.2, 0) is 10.5 Å². The Morgan fingerprint density at radius 1 is 1.28 bits per heavy atom. The Bertz CT molecular complexity index is 408. The average Bonchev–Trinajstić information content (AvgIpc) is 2.44. The van der Waals surface area contributed by atoms with Gasteiger partial charge in [0.1, 0.15) is 0 Å². The maximum Gasteiger partial charge on any atom is 0.208 e. The molecule has 2 fully saturated rings. The fraction of sp³-hybridized carbons (Fsp3) is 0.600. The number of morpholine rings is 1. The van der Waals surface area contributed by atoms with Crippen molar-refractivity contribution in [1.29, 1.82) is 0 Å². The third kappa shape index (κ3) is 1.87. The van der Waals surface area contributed by atoms with Crippen LogP contribution < -0.4 is 0 Å². The van der Waals surface area contributed by atoms with E-state index < -0.39 is 5.79 Å². The van der Waals surface area contributed by atoms with E-state index in [0.717, 1.165) is 12.1 Å². The van der Waals surface area contributed by atoms with Gasteiger partial charge >= 0.3 is 0 Å². The van der Waals surface area contributed by atoms with E-state index in [1.807, 2.05) is 30.3 Å². The van der Waals surface area contributed by atoms with Gasteiger partial charge in [-0.3, -0.25) is 4.90 Å². The number of hydrogen-bond acceptors (Lipinski definition) is 3. The first-order valence-corrected chi connectivity index (χ1v) is 6.89. The van der Waals surface area contributed by atoms with Gasteiger partial charge in [-0.25, -0.2) is 0 Å². The van der Waals surface area contributed by atoms with Gasteiger partial charge in [0.05, 0.1) is 12.6 Å². The Hall–Kier alpha value is -0.900. The molecule has 0 radical (unpaired) electrons. The summed E-state index contributed by atoms with van der Waals surface area (Å²) in [6.07, 6.45) is 3.70. The van der Waals surface area contributed by atoms with E-state index in [2.05, 4.69) is 11.8 Å². The fourth-order valence-electron chi connectivity index (χ4n) is 3.28. The van der Waals surface area contributed by atoms with E-state index in [1.54, 1.807) is 0 Å². The molecule has 3 heteroatoms. The van der Waals surface area contributed by atoms with E-state index in [0.29, 0.717) is 12.6 Å². The summed E-state index contributed by atoms with van der Waals surface area (Å²) in [5.41, 5.74) is 0.863. The van der Waals surface area contributed by atoms with Crippen molar-refractivity contribution in [2.75, 3.05) is 13.2 Å². The van der Waals surface area contributed by atoms with Crippen molar-refractivity contribution in [1.82, 2.24) is 4.90 Å². The second kappa shape index (κ2) is 4.65. The van der Waals surface area contributed by atoms with Crippen molar-refractivity contribution in [3.8, 4) is 0 Å². The summed E-state index contributed by atoms with van der Waals surface area (Å²) in [7, 11) is 0. The van der Waals surface area contributed by atoms with Crippen LogP contribution in [0, 0.1) is 0 Å². The molecule has 18 heavy (non-hydrogen) atoms. The number of fused-ring (bicyclic) bond motifs is 1. The van der Waals surface area contributed by atoms with Crippen LogP contribution in [-0.4, -0.2) is 35.2 Å². The lowest BCUT2D eigenvalue weighted by Crippen LogP contribution is -2.62. The first-order chi connectivity index (χ1) is 8.72. The molecule has 1 aromatic carbocycles. The van der Waals surface area contributed by atoms with Crippen molar-refractivity contribution in [2.45, 2.75) is 44.1 Å². The predicted molar refractivity (Wildman–Crippen MR) is 70.1 cm³/mol. The molecule has 0 aliphatic carbocycles. The highest BCUT2D eigenvalue weighted by molar-refractivity contribution is 5.22. The standard InChI is InChI=1S/C15H21NO2/c1-12-15(17,13-7-3-2-4-8-13)18-11-14-9-5-6-10-16(12)14/h2-4,7-8,12,14,17H,5-6,9-11H2,1H3/t12-,14?,15+/m0/s1. The van der Waals surface area contributed by atoms with Crippen molar-refractivity contribution in [3.63, 3.8) is 0 Å². The quantitative estimate of drug-likeness (QED) is 0.825. The predicted octanol–water partition coefficient (Wildman–Crippen LogP) is 2.10. The maximum atomic E-state index is 10.9. The van der Waals surface area contributed by atoms with Crippen molar-refractivity contribution >= 4 is 0 Å². The molecule has 0 amide bonds. The van der Waals surface area contributed by atoms with Crippen LogP contribution in [0.3, 0.4) is 0 Å². The van der Waals surface area contributed by atoms with Crippen LogP contribution in [0.4, 0.5) is 0 Å². The van der Waals surface area contributed by atoms with Gasteiger partial charge in [-0.2, -0.15) is 0 Å². The summed E-state index contributed by atoms with van der Waals surface area (Å²) in [6, 6.07) is 10.2. The molecule has 2 aliphatic heterocycles. The average molecular weight is 247 g/mol. The molecule has 3 atom stereocenters. The molecule has 1 N–H and O–H groups in total. The van der Waals surface area contributed by atoms with Gasteiger partial charge in [-0.1, -0.05) is 36.8 Å². The van der Waals surface area contributed by atoms with Gasteiger partial charge in [0.15, 0.2) is 0 Å². The molecule has 0 spiro atoms. The second-order valence-corrected chi connectivity index (χ2v) is 5.44. The van der Waals surface area contributed by atoms with E-state index in [-0.39, 0.29) is 6.04 Å². The molecule has 2 heterocycles. The molecule has 3 rings (SSSR count). The van der Waals surface area contributed by atoms with Gasteiger partial charge < -0.3 is 9.84 Å². The monoisotopic (exact) mass is 247 g/mol. The zero-order valence-corrected chi connectivity index (χ0v) is 10.9. The third-order valence-corrected chi connectivity index (χ3v) is 4.42. The minimum Gasteiger partial charge on any atom is -0.361 e. The van der Waals surface area contributed by atoms with Crippen LogP contribution in [0.15, 0.2) is 30.3 Å². The smallest absolute Gasteiger partial charge is 0.208 e. The van der Waals surface area contributed by atoms with Crippen LogP contribution in [0.1, 0.15) is 31.7 Å². The van der Waals surface area contributed by atoms with Gasteiger partial charge in [-0.05, 0) is 26.3 Å². The number of rotatable bonds is 1. The molecule has 3 nitrogen and oxygen atoms in total. The van der Waals surface area contributed by atoms with Crippen molar-refractivity contribution in [3.05, 3.63) is 35.9 Å². The first kappa shape index (κ1) is 12.2. The highest BCUT2D eigenvalue weighted by atomic mass is 16.6. The van der Waals surface area contributed by atoms with Gasteiger partial charge in [0.2, 0.25) is 5.79 Å². The Kier molecular flexibility index (Phi) is 3.14. The Morgan fingerprint density at radius 3 is 2.83 bits per heavy atom. The second-order valence-electron chi connectivity index (χ2n) is 5.44. The van der Waals surface area contributed by atoms with Crippen molar-refractivity contribution in [2.24, 2.45) is 0 Å². The molecule has 2 saturated heterocycles. The Balaban J connectivity index is 1.89. The number of nitrogens with zero attached hydrogens (tertiary/aromatic N) is 1. The molecule has 98 valence electrons. The number of piperidine rings is 1. The number of hydrogen-bond donors (Lipinski definition) is 1. The number of benzene rings is 1. The zero-order chi connectivity index (χ0) is 12.6. The molecule has 0 bridgehead atoms. The summed E-state index contributed by atoms with van der Waals surface area (Å²) in [5.74, 6) is -1.16. The minimum atomic E-state index is -1.16. The third-order valence-electron chi connectivity index (χ3n) is 4.42. The molecule has 2 aliphatic rings. The lowest BCUT2D eigenvalue weighted by atomic mass is 9.90. The van der Waals surface area contributed by atoms with Gasteiger partial charge in [-0.15, -0.1) is 0 Å². The normalized spacial score (nSPS) is 37.2. The SMILES string of the molecule is C[C@@H]1N2CCCCC2CO[C@@]1(O)c1ccccc1. The van der Waals surface area contributed by atoms with Gasteiger partial charge in [0.25, 0.3) is 0 Å². The van der Waals surface area contributed by atoms with Gasteiger partial charge in [0, 0.05) is 11.6 Å². The van der Waals surface area contributed by atoms with Crippen LogP contribution in [0.25, 0.3) is 0 Å². The summed E-state index contributed by atoms with van der Waals surface area (Å²) in [6.45, 7) is 3.78. The molecule has 0 saturated carbocycles. The minimum absolute atomic E-state index is 0.0129. The van der Waals surface area contributed by atoms with E-state index >= 15 is 0 Å². The Morgan fingerprint density at radius 2 is 2.06 bits per heavy atom. The number of aliphatic hydroxyl groups is 1. The fourth-order valence-corrected chi connectivity index (χ4v) is 3.28. The van der Waals surface area contributed by atoms with Crippen LogP contribution in [0.5, 0.6) is 0 Å². The lowest BCUT2D eigenvalue weighted by molar-refractivity contribution is -0.291. The lowest BCUT2D eigenvalue weighted by Gasteiger charge is -2.51. The molecule has 1 aromatic rings. The largest absolute Gasteiger partial charge is 0.361 e. The molecule has 0 aromatic heterocycles. The molecule has 1 unspecified atom stereocenters. The topological polar surface area (TPSA) is 32.7 Å². The highest BCUT2D eigenvalue weighted by Crippen LogP contribution is 2.37. The van der Waals surface area contributed by atoms with E-state index in [4.69, 9.17) is 4.74 Å². The summed E-state index contributed by atoms with van der Waals surface area (Å²) >= 11 is 0. The van der Waals surface area contributed by atoms with Crippen LogP contribution in [0.2, 0.25) is 0 Å². The van der Waals surface area contributed by atoms with Crippen LogP contribution >= 0.6 is 0 Å². The molecular weight excluding hydrogens is 226 g/mol. The van der Waals surface area contributed by atoms with Crippen molar-refractivity contribution < 1.29 is 9.84 Å². The summed E-state index contributed by atoms with van der Waals surface area (Å²) in [4.78, 5) is 2.42. The highest BCUT2D eigenvalue weighted by Gasteiger charge is 2.47. The van der Waals surface area contributed by atoms with E-state index in [1.165, 1.54) is 19.3 Å². The first-order valence-electron chi connectivity index (χ1n) is 6.89.